The Morgan fingerprint density at radius 2 is 1.30 bits per heavy atom. The molecule has 0 aliphatic rings. The highest BCUT2D eigenvalue weighted by Crippen LogP contribution is 2.38. The number of sulfonamides is 1. The zero-order valence-corrected chi connectivity index (χ0v) is 30.3. The molecule has 0 unspecified atom stereocenters. The smallest absolute Gasteiger partial charge is 0.335 e. The highest BCUT2D eigenvalue weighted by molar-refractivity contribution is 7.88. The number of hydrogen-bond donors (Lipinski definition) is 2. The third kappa shape index (κ3) is 9.36. The standard InChI is InChI=1S/C40H37ClN2O4S.Cl2/c41-34-23-24-37-36(27-34)35(18-10-13-29-19-21-33(22-20-29)40(44)45)38(25-26-42-48(46,47)28-30-11-4-1-5-12-30)43(37)39(31-14-6-2-7-15-31)32-16-8-3-9-17-32;1-2/h1-9,11-12,14-17,19-24,27,39,42H,10,13,18,25-26,28H2,(H,44,45);. The second-order valence-electron chi connectivity index (χ2n) is 11.9. The lowest BCUT2D eigenvalue weighted by Crippen LogP contribution is -2.28. The lowest BCUT2D eigenvalue weighted by atomic mass is 9.97. The number of halogens is 3. The zero-order chi connectivity index (χ0) is 35.5. The topological polar surface area (TPSA) is 88.4 Å². The van der Waals surface area contributed by atoms with Crippen LogP contribution in [0, 0.1) is 0 Å². The largest absolute Gasteiger partial charge is 0.478 e. The molecule has 6 nitrogen and oxygen atoms in total. The van der Waals surface area contributed by atoms with Gasteiger partial charge in [0.1, 0.15) is 0 Å². The molecule has 10 heteroatoms. The molecule has 0 spiro atoms. The molecule has 5 aromatic carbocycles. The van der Waals surface area contributed by atoms with Gasteiger partial charge in [0.05, 0.1) is 17.4 Å². The Kier molecular flexibility index (Phi) is 13.2. The number of aryl methyl sites for hydroxylation is 2. The fourth-order valence-electron chi connectivity index (χ4n) is 6.47. The van der Waals surface area contributed by atoms with Gasteiger partial charge in [-0.2, -0.15) is 0 Å². The lowest BCUT2D eigenvalue weighted by molar-refractivity contribution is 0.0697. The SMILES string of the molecule is ClCl.O=C(O)c1ccc(CCCc2c(CCNS(=O)(=O)Cc3ccccc3)n(C(c3ccccc3)c3ccccc3)c3ccc(Cl)cc23)cc1. The van der Waals surface area contributed by atoms with Crippen molar-refractivity contribution < 1.29 is 18.3 Å². The average molecular weight is 748 g/mol. The molecule has 0 saturated carbocycles. The van der Waals surface area contributed by atoms with E-state index >= 15 is 0 Å². The van der Waals surface area contributed by atoms with Gasteiger partial charge in [-0.25, -0.2) is 17.9 Å². The molecule has 6 rings (SSSR count). The first kappa shape index (κ1) is 37.2. The van der Waals surface area contributed by atoms with E-state index in [1.807, 2.05) is 91.0 Å². The van der Waals surface area contributed by atoms with E-state index in [9.17, 15) is 18.3 Å². The van der Waals surface area contributed by atoms with Crippen LogP contribution in [0.5, 0.6) is 0 Å². The van der Waals surface area contributed by atoms with Gasteiger partial charge in [-0.15, -0.1) is 0 Å². The maximum Gasteiger partial charge on any atom is 0.335 e. The maximum atomic E-state index is 13.2. The van der Waals surface area contributed by atoms with Gasteiger partial charge in [0.25, 0.3) is 0 Å². The molecule has 0 bridgehead atoms. The van der Waals surface area contributed by atoms with Crippen LogP contribution in [0.15, 0.2) is 133 Å². The fourth-order valence-corrected chi connectivity index (χ4v) is 7.78. The first-order valence-electron chi connectivity index (χ1n) is 16.2. The fraction of sp³-hybridized carbons (Fsp3) is 0.175. The van der Waals surface area contributed by atoms with Crippen LogP contribution >= 0.6 is 33.3 Å². The van der Waals surface area contributed by atoms with E-state index in [1.54, 1.807) is 12.1 Å². The second kappa shape index (κ2) is 17.7. The number of benzene rings is 5. The minimum absolute atomic E-state index is 0.0867. The van der Waals surface area contributed by atoms with E-state index in [2.05, 4.69) is 61.3 Å². The van der Waals surface area contributed by atoms with E-state index < -0.39 is 16.0 Å². The molecule has 0 radical (unpaired) electrons. The summed E-state index contributed by atoms with van der Waals surface area (Å²) in [5.41, 5.74) is 7.50. The number of nitrogens with one attached hydrogen (secondary N) is 1. The van der Waals surface area contributed by atoms with Crippen LogP contribution in [0.25, 0.3) is 10.9 Å². The van der Waals surface area contributed by atoms with Crippen LogP contribution in [0.3, 0.4) is 0 Å². The van der Waals surface area contributed by atoms with Gasteiger partial charge in [0.15, 0.2) is 0 Å². The van der Waals surface area contributed by atoms with Gasteiger partial charge in [-0.05, 0) is 77.4 Å². The summed E-state index contributed by atoms with van der Waals surface area (Å²) in [7, 11) is 4.65. The molecule has 0 aliphatic heterocycles. The minimum atomic E-state index is -3.58. The van der Waals surface area contributed by atoms with Crippen LogP contribution in [0.1, 0.15) is 56.3 Å². The number of rotatable bonds is 14. The summed E-state index contributed by atoms with van der Waals surface area (Å²) in [5, 5.41) is 11.0. The van der Waals surface area contributed by atoms with E-state index in [0.717, 1.165) is 63.7 Å². The molecule has 0 amide bonds. The number of carbonyl (C=O) groups is 1. The number of nitrogens with zero attached hydrogens (tertiary/aromatic N) is 1. The van der Waals surface area contributed by atoms with E-state index in [-0.39, 0.29) is 23.9 Å². The molecule has 50 heavy (non-hydrogen) atoms. The second-order valence-corrected chi connectivity index (χ2v) is 14.2. The summed E-state index contributed by atoms with van der Waals surface area (Å²) in [6.45, 7) is 0.235. The Hall–Kier alpha value is -4.11. The molecule has 0 aliphatic carbocycles. The molecule has 0 saturated heterocycles. The quantitative estimate of drug-likeness (QED) is 0.116. The van der Waals surface area contributed by atoms with Gasteiger partial charge in [0, 0.05) is 56.3 Å². The highest BCUT2D eigenvalue weighted by atomic mass is 36.5. The molecule has 1 heterocycles. The molecule has 6 aromatic rings. The van der Waals surface area contributed by atoms with E-state index in [4.69, 9.17) is 11.6 Å². The normalized spacial score (nSPS) is 11.4. The third-order valence-corrected chi connectivity index (χ3v) is 10.2. The Balaban J connectivity index is 0.00000239. The van der Waals surface area contributed by atoms with Crippen molar-refractivity contribution in [1.29, 1.82) is 0 Å². The molecule has 1 aromatic heterocycles. The van der Waals surface area contributed by atoms with Gasteiger partial charge in [0.2, 0.25) is 10.0 Å². The van der Waals surface area contributed by atoms with Gasteiger partial charge in [-0.1, -0.05) is 115 Å². The van der Waals surface area contributed by atoms with Crippen molar-refractivity contribution in [3.05, 3.63) is 178 Å². The summed E-state index contributed by atoms with van der Waals surface area (Å²) in [6, 6.07) is 42.7. The predicted molar refractivity (Wildman–Crippen MR) is 205 cm³/mol. The highest BCUT2D eigenvalue weighted by Gasteiger charge is 2.26. The Morgan fingerprint density at radius 3 is 1.88 bits per heavy atom. The van der Waals surface area contributed by atoms with Crippen LogP contribution in [-0.4, -0.2) is 30.6 Å². The summed E-state index contributed by atoms with van der Waals surface area (Å²) < 4.78 is 31.6. The Bertz CT molecular complexity index is 2070. The molecular formula is C40H37Cl3N2O4S. The molecular weight excluding hydrogens is 711 g/mol. The van der Waals surface area contributed by atoms with Gasteiger partial charge in [-0.3, -0.25) is 0 Å². The van der Waals surface area contributed by atoms with Crippen molar-refractivity contribution in [3.63, 3.8) is 0 Å². The van der Waals surface area contributed by atoms with Crippen molar-refractivity contribution in [3.8, 4) is 0 Å². The van der Waals surface area contributed by atoms with Gasteiger partial charge >= 0.3 is 5.97 Å². The third-order valence-electron chi connectivity index (χ3n) is 8.65. The minimum Gasteiger partial charge on any atom is -0.478 e. The molecule has 258 valence electrons. The van der Waals surface area contributed by atoms with Crippen LogP contribution in [0.2, 0.25) is 5.02 Å². The van der Waals surface area contributed by atoms with Crippen molar-refractivity contribution in [1.82, 2.24) is 9.29 Å². The van der Waals surface area contributed by atoms with Crippen molar-refractivity contribution in [2.24, 2.45) is 0 Å². The average Bonchev–Trinajstić information content (AvgIpc) is 3.42. The number of fused-ring (bicyclic) bond motifs is 1. The zero-order valence-electron chi connectivity index (χ0n) is 27.2. The van der Waals surface area contributed by atoms with Crippen LogP contribution in [-0.2, 0) is 35.0 Å². The van der Waals surface area contributed by atoms with Gasteiger partial charge < -0.3 is 9.67 Å². The van der Waals surface area contributed by atoms with E-state index in [0.29, 0.717) is 11.4 Å². The summed E-state index contributed by atoms with van der Waals surface area (Å²) in [4.78, 5) is 11.3. The Labute approximate surface area is 307 Å². The first-order valence-corrected chi connectivity index (χ1v) is 19.4. The van der Waals surface area contributed by atoms with Crippen LogP contribution < -0.4 is 4.72 Å². The number of aromatic carboxylic acids is 1. The summed E-state index contributed by atoms with van der Waals surface area (Å²) in [5.74, 6) is -1.03. The predicted octanol–water partition coefficient (Wildman–Crippen LogP) is 9.85. The van der Waals surface area contributed by atoms with Crippen LogP contribution in [0.4, 0.5) is 0 Å². The van der Waals surface area contributed by atoms with Crippen molar-refractivity contribution in [2.75, 3.05) is 6.54 Å². The number of carboxylic acids is 1. The number of aromatic nitrogens is 1. The van der Waals surface area contributed by atoms with Crippen molar-refractivity contribution >= 4 is 60.2 Å². The molecule has 0 atom stereocenters. The maximum absolute atomic E-state index is 13.2. The molecule has 2 N–H and O–H groups in total. The monoisotopic (exact) mass is 746 g/mol. The summed E-state index contributed by atoms with van der Waals surface area (Å²) in [6.07, 6.45) is 2.77. The van der Waals surface area contributed by atoms with E-state index in [1.165, 1.54) is 0 Å². The number of hydrogen-bond acceptors (Lipinski definition) is 3. The number of carboxylic acid groups (broad SMARTS) is 1. The Morgan fingerprint density at radius 1 is 0.720 bits per heavy atom. The first-order chi connectivity index (χ1) is 24.3. The lowest BCUT2D eigenvalue weighted by Gasteiger charge is -2.25. The summed E-state index contributed by atoms with van der Waals surface area (Å²) >= 11 is 6.63. The van der Waals surface area contributed by atoms with Crippen molar-refractivity contribution in [2.45, 2.75) is 37.5 Å². The molecule has 0 fully saturated rings.